The summed E-state index contributed by atoms with van der Waals surface area (Å²) < 4.78 is 3.05. The molecule has 0 aliphatic rings. The lowest BCUT2D eigenvalue weighted by Gasteiger charge is -2.20. The van der Waals surface area contributed by atoms with Crippen LogP contribution in [0, 0.1) is 6.92 Å². The van der Waals surface area contributed by atoms with Crippen LogP contribution in [0.4, 0.5) is 0 Å². The van der Waals surface area contributed by atoms with Gasteiger partial charge in [0.25, 0.3) is 5.56 Å². The van der Waals surface area contributed by atoms with Crippen LogP contribution in [0.2, 0.25) is 5.02 Å². The third kappa shape index (κ3) is 4.81. The second-order valence-electron chi connectivity index (χ2n) is 8.83. The first-order chi connectivity index (χ1) is 17.5. The monoisotopic (exact) mass is 492 g/mol. The summed E-state index contributed by atoms with van der Waals surface area (Å²) in [5.74, 6) is 0. The fraction of sp³-hybridized carbons (Fsp3) is 0.0968. The smallest absolute Gasteiger partial charge is 0.288 e. The van der Waals surface area contributed by atoms with E-state index in [2.05, 4.69) is 0 Å². The zero-order valence-electron chi connectivity index (χ0n) is 19.9. The number of nitrogens with zero attached hydrogens (tertiary/aromatic N) is 2. The average Bonchev–Trinajstić information content (AvgIpc) is 2.90. The average molecular weight is 493 g/mol. The maximum atomic E-state index is 14.1. The Morgan fingerprint density at radius 2 is 1.11 bits per heavy atom. The van der Waals surface area contributed by atoms with Gasteiger partial charge in [-0.15, -0.1) is 0 Å². The Hall–Kier alpha value is -4.15. The lowest BCUT2D eigenvalue weighted by molar-refractivity contribution is 0.620. The molecule has 5 aromatic rings. The Kier molecular flexibility index (Phi) is 6.70. The van der Waals surface area contributed by atoms with Crippen LogP contribution in [0.3, 0.4) is 0 Å². The summed E-state index contributed by atoms with van der Waals surface area (Å²) in [5, 5.41) is 0.581. The molecule has 0 saturated heterocycles. The molecule has 0 spiro atoms. The predicted molar refractivity (Wildman–Crippen MR) is 147 cm³/mol. The minimum Gasteiger partial charge on any atom is -0.288 e. The lowest BCUT2D eigenvalue weighted by Crippen LogP contribution is -2.42. The molecule has 5 heteroatoms. The maximum absolute atomic E-state index is 14.1. The van der Waals surface area contributed by atoms with E-state index < -0.39 is 0 Å². The van der Waals surface area contributed by atoms with Gasteiger partial charge in [-0.3, -0.25) is 13.9 Å². The first-order valence-corrected chi connectivity index (χ1v) is 12.2. The van der Waals surface area contributed by atoms with Crippen molar-refractivity contribution in [3.63, 3.8) is 0 Å². The number of benzene rings is 4. The molecule has 0 atom stereocenters. The number of rotatable bonds is 6. The zero-order chi connectivity index (χ0) is 25.1. The van der Waals surface area contributed by atoms with Gasteiger partial charge in [-0.25, -0.2) is 4.79 Å². The third-order valence-corrected chi connectivity index (χ3v) is 6.50. The van der Waals surface area contributed by atoms with Crippen LogP contribution in [0.1, 0.15) is 16.7 Å². The van der Waals surface area contributed by atoms with E-state index in [1.165, 1.54) is 4.57 Å². The summed E-state index contributed by atoms with van der Waals surface area (Å²) in [4.78, 5) is 28.1. The van der Waals surface area contributed by atoms with Crippen LogP contribution in [0.25, 0.3) is 22.4 Å². The zero-order valence-corrected chi connectivity index (χ0v) is 20.7. The van der Waals surface area contributed by atoms with E-state index in [0.717, 1.165) is 22.3 Å². The van der Waals surface area contributed by atoms with Gasteiger partial charge in [0.05, 0.1) is 24.3 Å². The molecule has 0 saturated carbocycles. The summed E-state index contributed by atoms with van der Waals surface area (Å²) in [7, 11) is 0. The van der Waals surface area contributed by atoms with Crippen LogP contribution in [0.5, 0.6) is 0 Å². The molecule has 0 fully saturated rings. The second kappa shape index (κ2) is 10.2. The largest absolute Gasteiger partial charge is 0.332 e. The van der Waals surface area contributed by atoms with Gasteiger partial charge in [-0.2, -0.15) is 0 Å². The number of halogens is 1. The number of hydrogen-bond donors (Lipinski definition) is 0. The quantitative estimate of drug-likeness (QED) is 0.275. The van der Waals surface area contributed by atoms with E-state index in [0.29, 0.717) is 28.4 Å². The molecule has 0 bridgehead atoms. The Morgan fingerprint density at radius 1 is 0.611 bits per heavy atom. The fourth-order valence-electron chi connectivity index (χ4n) is 4.41. The summed E-state index contributed by atoms with van der Waals surface area (Å²) >= 11 is 6.18. The summed E-state index contributed by atoms with van der Waals surface area (Å²) in [5.41, 5.74) is 4.87. The van der Waals surface area contributed by atoms with Crippen LogP contribution < -0.4 is 11.2 Å². The van der Waals surface area contributed by atoms with Crippen molar-refractivity contribution < 1.29 is 0 Å². The molecule has 1 aromatic heterocycles. The molecule has 0 aliphatic heterocycles. The second-order valence-corrected chi connectivity index (χ2v) is 9.26. The van der Waals surface area contributed by atoms with E-state index in [-0.39, 0.29) is 17.8 Å². The molecule has 178 valence electrons. The van der Waals surface area contributed by atoms with Gasteiger partial charge in [0.1, 0.15) is 0 Å². The molecule has 0 amide bonds. The SMILES string of the molecule is Cc1ccc(-c2c(-c3ccc(Cl)cc3)c(=O)n(Cc3ccccc3)c(=O)n2Cc2ccccc2)cc1. The van der Waals surface area contributed by atoms with Crippen molar-refractivity contribution >= 4 is 11.6 Å². The van der Waals surface area contributed by atoms with Gasteiger partial charge in [-0.05, 0) is 41.3 Å². The first-order valence-electron chi connectivity index (χ1n) is 11.8. The molecular weight excluding hydrogens is 468 g/mol. The Labute approximate surface area is 214 Å². The molecular formula is C31H25ClN2O2. The molecule has 4 nitrogen and oxygen atoms in total. The van der Waals surface area contributed by atoms with Crippen molar-refractivity contribution in [1.82, 2.24) is 9.13 Å². The normalized spacial score (nSPS) is 10.9. The van der Waals surface area contributed by atoms with E-state index in [1.54, 1.807) is 16.7 Å². The summed E-state index contributed by atoms with van der Waals surface area (Å²) in [6.45, 7) is 2.53. The van der Waals surface area contributed by atoms with Crippen LogP contribution in [0.15, 0.2) is 119 Å². The minimum atomic E-state index is -0.346. The van der Waals surface area contributed by atoms with Crippen LogP contribution in [-0.2, 0) is 13.1 Å². The van der Waals surface area contributed by atoms with Crippen molar-refractivity contribution in [3.8, 4) is 22.4 Å². The highest BCUT2D eigenvalue weighted by Gasteiger charge is 2.22. The minimum absolute atomic E-state index is 0.183. The summed E-state index contributed by atoms with van der Waals surface area (Å²) in [6, 6.07) is 34.5. The highest BCUT2D eigenvalue weighted by Crippen LogP contribution is 2.30. The molecule has 0 radical (unpaired) electrons. The van der Waals surface area contributed by atoms with Gasteiger partial charge in [-0.1, -0.05) is 114 Å². The molecule has 4 aromatic carbocycles. The van der Waals surface area contributed by atoms with Crippen molar-refractivity contribution in [3.05, 3.63) is 152 Å². The van der Waals surface area contributed by atoms with E-state index in [9.17, 15) is 9.59 Å². The number of aromatic nitrogens is 2. The molecule has 0 unspecified atom stereocenters. The highest BCUT2D eigenvalue weighted by molar-refractivity contribution is 6.30. The van der Waals surface area contributed by atoms with E-state index in [4.69, 9.17) is 11.6 Å². The van der Waals surface area contributed by atoms with Crippen molar-refractivity contribution in [2.75, 3.05) is 0 Å². The molecule has 0 aliphatic carbocycles. The molecule has 0 N–H and O–H groups in total. The topological polar surface area (TPSA) is 44.0 Å². The van der Waals surface area contributed by atoms with E-state index in [1.807, 2.05) is 104 Å². The van der Waals surface area contributed by atoms with Crippen molar-refractivity contribution in [2.24, 2.45) is 0 Å². The predicted octanol–water partition coefficient (Wildman–Crippen LogP) is 6.40. The van der Waals surface area contributed by atoms with E-state index >= 15 is 0 Å². The fourth-order valence-corrected chi connectivity index (χ4v) is 4.53. The standard InChI is InChI=1S/C31H25ClN2O2/c1-22-12-14-26(15-13-22)29-28(25-16-18-27(32)19-17-25)30(35)34(21-24-10-6-3-7-11-24)31(36)33(29)20-23-8-4-2-5-9-23/h2-19H,20-21H2,1H3. The molecule has 1 heterocycles. The Bertz CT molecular complexity index is 1600. The van der Waals surface area contributed by atoms with Gasteiger partial charge in [0, 0.05) is 5.02 Å². The molecule has 5 rings (SSSR count). The maximum Gasteiger partial charge on any atom is 0.332 e. The first kappa shape index (κ1) is 23.6. The number of hydrogen-bond acceptors (Lipinski definition) is 2. The van der Waals surface area contributed by atoms with Crippen LogP contribution in [-0.4, -0.2) is 9.13 Å². The third-order valence-electron chi connectivity index (χ3n) is 6.25. The van der Waals surface area contributed by atoms with Gasteiger partial charge < -0.3 is 0 Å². The van der Waals surface area contributed by atoms with Crippen molar-refractivity contribution in [1.29, 1.82) is 0 Å². The van der Waals surface area contributed by atoms with Crippen molar-refractivity contribution in [2.45, 2.75) is 20.0 Å². The van der Waals surface area contributed by atoms with Gasteiger partial charge in [0.15, 0.2) is 0 Å². The molecule has 36 heavy (non-hydrogen) atoms. The Morgan fingerprint density at radius 3 is 1.67 bits per heavy atom. The number of aryl methyl sites for hydroxylation is 1. The van der Waals surface area contributed by atoms with Gasteiger partial charge in [0.2, 0.25) is 0 Å². The lowest BCUT2D eigenvalue weighted by atomic mass is 9.98. The highest BCUT2D eigenvalue weighted by atomic mass is 35.5. The Balaban J connectivity index is 1.85. The summed E-state index contributed by atoms with van der Waals surface area (Å²) in [6.07, 6.45) is 0. The van der Waals surface area contributed by atoms with Crippen LogP contribution >= 0.6 is 11.6 Å². The van der Waals surface area contributed by atoms with Gasteiger partial charge >= 0.3 is 5.69 Å².